The van der Waals surface area contributed by atoms with Crippen molar-refractivity contribution in [1.82, 2.24) is 34.9 Å². The molecule has 5 heterocycles. The number of aryl methyl sites for hydroxylation is 1. The summed E-state index contributed by atoms with van der Waals surface area (Å²) in [7, 11) is 0. The highest BCUT2D eigenvalue weighted by Crippen LogP contribution is 2.24. The molecule has 5 aromatic rings. The first-order valence-corrected chi connectivity index (χ1v) is 9.71. The summed E-state index contributed by atoms with van der Waals surface area (Å²) in [6.45, 7) is 1.86. The summed E-state index contributed by atoms with van der Waals surface area (Å²) < 4.78 is 0. The van der Waals surface area contributed by atoms with Crippen molar-refractivity contribution in [3.8, 4) is 45.2 Å². The molecule has 0 spiro atoms. The van der Waals surface area contributed by atoms with Crippen LogP contribution in [0.3, 0.4) is 0 Å². The number of nitrogens with zero attached hydrogens (tertiary/aromatic N) is 7. The van der Waals surface area contributed by atoms with Crippen LogP contribution in [0.2, 0.25) is 0 Å². The Morgan fingerprint density at radius 3 is 1.45 bits per heavy atom. The Bertz CT molecular complexity index is 1280. The fraction of sp³-hybridized carbons (Fsp3) is 0.0417. The maximum atomic E-state index is 4.58. The highest BCUT2D eigenvalue weighted by atomic mass is 14.9. The minimum Gasteiger partial charge on any atom is -0.255 e. The lowest BCUT2D eigenvalue weighted by molar-refractivity contribution is 1.05. The second-order valence-corrected chi connectivity index (χ2v) is 6.89. The molecule has 0 aliphatic heterocycles. The Hall–Kier alpha value is -4.39. The van der Waals surface area contributed by atoms with Crippen LogP contribution in [0, 0.1) is 6.92 Å². The monoisotopic (exact) mass is 403 g/mol. The third-order valence-electron chi connectivity index (χ3n) is 4.79. The second-order valence-electron chi connectivity index (χ2n) is 6.89. The highest BCUT2D eigenvalue weighted by Gasteiger charge is 2.07. The van der Waals surface area contributed by atoms with E-state index >= 15 is 0 Å². The Morgan fingerprint density at radius 1 is 0.452 bits per heavy atom. The van der Waals surface area contributed by atoms with E-state index in [1.807, 2.05) is 55.7 Å². The molecule has 0 bridgehead atoms. The van der Waals surface area contributed by atoms with Crippen molar-refractivity contribution in [2.75, 3.05) is 0 Å². The average Bonchev–Trinajstić information content (AvgIpc) is 2.85. The summed E-state index contributed by atoms with van der Waals surface area (Å²) in [4.78, 5) is 30.6. The van der Waals surface area contributed by atoms with E-state index in [-0.39, 0.29) is 0 Å². The van der Waals surface area contributed by atoms with Gasteiger partial charge in [-0.2, -0.15) is 0 Å². The summed E-state index contributed by atoms with van der Waals surface area (Å²) in [6, 6.07) is 13.6. The van der Waals surface area contributed by atoms with E-state index in [1.54, 1.807) is 37.1 Å². The van der Waals surface area contributed by atoms with Gasteiger partial charge in [0.2, 0.25) is 0 Å². The summed E-state index contributed by atoms with van der Waals surface area (Å²) in [6.07, 6.45) is 12.4. The van der Waals surface area contributed by atoms with Crippen molar-refractivity contribution in [2.45, 2.75) is 6.92 Å². The van der Waals surface area contributed by atoms with Gasteiger partial charge in [-0.05, 0) is 37.3 Å². The van der Waals surface area contributed by atoms with E-state index in [2.05, 4.69) is 34.9 Å². The number of hydrogen-bond acceptors (Lipinski definition) is 7. The van der Waals surface area contributed by atoms with Gasteiger partial charge in [0.1, 0.15) is 5.82 Å². The van der Waals surface area contributed by atoms with E-state index in [4.69, 9.17) is 0 Å². The lowest BCUT2D eigenvalue weighted by atomic mass is 10.1. The van der Waals surface area contributed by atoms with Gasteiger partial charge in [0.15, 0.2) is 5.82 Å². The molecule has 0 N–H and O–H groups in total. The molecule has 31 heavy (non-hydrogen) atoms. The van der Waals surface area contributed by atoms with Gasteiger partial charge in [0.25, 0.3) is 0 Å². The molecule has 7 heteroatoms. The molecule has 0 fully saturated rings. The summed E-state index contributed by atoms with van der Waals surface area (Å²) >= 11 is 0. The van der Waals surface area contributed by atoms with Crippen molar-refractivity contribution in [3.63, 3.8) is 0 Å². The zero-order valence-electron chi connectivity index (χ0n) is 16.7. The van der Waals surface area contributed by atoms with Crippen molar-refractivity contribution in [2.24, 2.45) is 0 Å². The molecule has 5 aromatic heterocycles. The van der Waals surface area contributed by atoms with Crippen LogP contribution in [0.25, 0.3) is 45.2 Å². The van der Waals surface area contributed by atoms with Crippen LogP contribution >= 0.6 is 0 Å². The molecule has 148 valence electrons. The molecular weight excluding hydrogens is 386 g/mol. The van der Waals surface area contributed by atoms with Gasteiger partial charge in [-0.1, -0.05) is 12.1 Å². The highest BCUT2D eigenvalue weighted by molar-refractivity contribution is 5.68. The molecule has 0 aliphatic carbocycles. The van der Waals surface area contributed by atoms with Gasteiger partial charge in [0.05, 0.1) is 17.1 Å². The van der Waals surface area contributed by atoms with Crippen LogP contribution in [0.5, 0.6) is 0 Å². The first-order valence-electron chi connectivity index (χ1n) is 9.71. The molecule has 0 radical (unpaired) electrons. The van der Waals surface area contributed by atoms with Gasteiger partial charge in [0, 0.05) is 65.6 Å². The maximum absolute atomic E-state index is 4.58. The van der Waals surface area contributed by atoms with Crippen molar-refractivity contribution >= 4 is 0 Å². The molecule has 0 saturated carbocycles. The molecule has 0 atom stereocenters. The van der Waals surface area contributed by atoms with Crippen LogP contribution in [0.4, 0.5) is 0 Å². The molecule has 0 amide bonds. The third-order valence-corrected chi connectivity index (χ3v) is 4.79. The van der Waals surface area contributed by atoms with Crippen LogP contribution in [-0.4, -0.2) is 34.9 Å². The van der Waals surface area contributed by atoms with Crippen LogP contribution in [0.1, 0.15) is 5.82 Å². The first-order chi connectivity index (χ1) is 15.3. The fourth-order valence-corrected chi connectivity index (χ4v) is 3.10. The Balaban J connectivity index is 1.34. The van der Waals surface area contributed by atoms with E-state index in [0.717, 1.165) is 45.2 Å². The van der Waals surface area contributed by atoms with Crippen molar-refractivity contribution < 1.29 is 0 Å². The van der Waals surface area contributed by atoms with Crippen molar-refractivity contribution in [3.05, 3.63) is 91.7 Å². The molecule has 0 unspecified atom stereocenters. The maximum Gasteiger partial charge on any atom is 0.160 e. The predicted octanol–water partition coefficient (Wildman–Crippen LogP) is 4.43. The lowest BCUT2D eigenvalue weighted by Gasteiger charge is -2.06. The van der Waals surface area contributed by atoms with E-state index in [0.29, 0.717) is 5.82 Å². The Kier molecular flexibility index (Phi) is 4.90. The number of hydrogen-bond donors (Lipinski definition) is 0. The molecule has 0 aliphatic rings. The molecule has 5 rings (SSSR count). The van der Waals surface area contributed by atoms with Gasteiger partial charge in [-0.25, -0.2) is 19.9 Å². The predicted molar refractivity (Wildman–Crippen MR) is 117 cm³/mol. The summed E-state index contributed by atoms with van der Waals surface area (Å²) in [5.41, 5.74) is 6.15. The quantitative estimate of drug-likeness (QED) is 0.438. The smallest absolute Gasteiger partial charge is 0.160 e. The molecule has 0 saturated heterocycles. The fourth-order valence-electron chi connectivity index (χ4n) is 3.10. The minimum absolute atomic E-state index is 0.651. The Morgan fingerprint density at radius 2 is 0.935 bits per heavy atom. The molecule has 0 aromatic carbocycles. The third kappa shape index (κ3) is 4.02. The normalized spacial score (nSPS) is 10.7. The van der Waals surface area contributed by atoms with Gasteiger partial charge in [-0.15, -0.1) is 0 Å². The lowest BCUT2D eigenvalue weighted by Crippen LogP contribution is -1.92. The van der Waals surface area contributed by atoms with E-state index in [1.165, 1.54) is 0 Å². The van der Waals surface area contributed by atoms with Crippen LogP contribution in [-0.2, 0) is 0 Å². The number of rotatable bonds is 4. The molecular formula is C24H17N7. The van der Waals surface area contributed by atoms with Crippen LogP contribution < -0.4 is 0 Å². The zero-order valence-corrected chi connectivity index (χ0v) is 16.7. The largest absolute Gasteiger partial charge is 0.255 e. The van der Waals surface area contributed by atoms with Crippen molar-refractivity contribution in [1.29, 1.82) is 0 Å². The van der Waals surface area contributed by atoms with E-state index < -0.39 is 0 Å². The number of aromatic nitrogens is 7. The summed E-state index contributed by atoms with van der Waals surface area (Å²) in [5, 5.41) is 0. The average molecular weight is 403 g/mol. The SMILES string of the molecule is Cc1ncc(-c2ccc(-c3ccc(-c4ccc(-c5ncccn5)cn4)nc3)cn2)cn1. The molecule has 7 nitrogen and oxygen atoms in total. The Labute approximate surface area is 179 Å². The van der Waals surface area contributed by atoms with Gasteiger partial charge < -0.3 is 0 Å². The zero-order chi connectivity index (χ0) is 21.0. The van der Waals surface area contributed by atoms with Gasteiger partial charge >= 0.3 is 0 Å². The van der Waals surface area contributed by atoms with Crippen LogP contribution in [0.15, 0.2) is 85.8 Å². The minimum atomic E-state index is 0.651. The number of pyridine rings is 3. The standard InChI is InChI=1S/C24H17N7/c1-16-27-14-20(15-28-16)21-6-3-17(11-29-21)18-4-7-22(30-12-18)23-8-5-19(13-31-23)24-25-9-2-10-26-24/h2-15H,1H3. The summed E-state index contributed by atoms with van der Waals surface area (Å²) in [5.74, 6) is 1.39. The second kappa shape index (κ2) is 8.16. The first kappa shape index (κ1) is 18.6. The van der Waals surface area contributed by atoms with E-state index in [9.17, 15) is 0 Å². The topological polar surface area (TPSA) is 90.2 Å². The van der Waals surface area contributed by atoms with Gasteiger partial charge in [-0.3, -0.25) is 15.0 Å².